The molecule has 0 saturated carbocycles. The lowest BCUT2D eigenvalue weighted by atomic mass is 10.2. The minimum Gasteiger partial charge on any atom is -0.295 e. The van der Waals surface area contributed by atoms with Crippen LogP contribution < -0.4 is 0 Å². The first-order valence-electron chi connectivity index (χ1n) is 3.37. The number of rotatable bonds is 2. The monoisotopic (exact) mass is 169 g/mol. The number of likely N-dealkylation sites (N-methyl/N-ethyl adjacent to an activating group) is 1. The number of alkyl halides is 2. The summed E-state index contributed by atoms with van der Waals surface area (Å²) in [6, 6.07) is -0.491. The molecule has 0 aromatic heterocycles. The molecule has 0 aliphatic carbocycles. The van der Waals surface area contributed by atoms with E-state index in [1.807, 2.05) is 0 Å². The lowest BCUT2D eigenvalue weighted by Gasteiger charge is -2.14. The van der Waals surface area contributed by atoms with E-state index in [0.29, 0.717) is 0 Å². The molecule has 11 heavy (non-hydrogen) atoms. The predicted octanol–water partition coefficient (Wildman–Crippen LogP) is 1.23. The third-order valence-electron chi connectivity index (χ3n) is 1.89. The molecular weight excluding hydrogens is 159 g/mol. The molecule has 1 heterocycles. The summed E-state index contributed by atoms with van der Waals surface area (Å²) >= 11 is 0. The van der Waals surface area contributed by atoms with Crippen molar-refractivity contribution in [2.24, 2.45) is 0 Å². The molecule has 0 aromatic carbocycles. The number of nitrogens with zero attached hydrogens (tertiary/aromatic N) is 1. The van der Waals surface area contributed by atoms with Crippen LogP contribution in [0.25, 0.3) is 0 Å². The highest BCUT2D eigenvalue weighted by Gasteiger charge is 2.43. The van der Waals surface area contributed by atoms with E-state index in [1.165, 1.54) is 11.9 Å². The average Bonchev–Trinajstić information content (AvgIpc) is 2.07. The average molecular weight is 169 g/mol. The van der Waals surface area contributed by atoms with Crippen LogP contribution in [0, 0.1) is 0 Å². The maximum Gasteiger partial charge on any atom is 0.262 e. The van der Waals surface area contributed by atoms with Crippen molar-refractivity contribution in [3.63, 3.8) is 0 Å². The topological polar surface area (TPSA) is 12.5 Å². The number of likely N-dealkylation sites (tertiary alicyclic amines) is 1. The van der Waals surface area contributed by atoms with Gasteiger partial charge in [-0.3, -0.25) is 4.90 Å². The summed E-state index contributed by atoms with van der Waals surface area (Å²) in [5, 5.41) is 0. The second-order valence-corrected chi connectivity index (χ2v) is 2.90. The molecule has 1 aliphatic rings. The van der Waals surface area contributed by atoms with Crippen LogP contribution in [0.4, 0.5) is 13.3 Å². The fraction of sp³-hybridized carbons (Fsp3) is 1.00. The predicted molar refractivity (Wildman–Crippen MR) is 33.0 cm³/mol. The van der Waals surface area contributed by atoms with Crippen molar-refractivity contribution in [2.75, 3.05) is 20.2 Å². The van der Waals surface area contributed by atoms with Gasteiger partial charge in [-0.15, -0.1) is 0 Å². The van der Waals surface area contributed by atoms with Gasteiger partial charge in [0.1, 0.15) is 6.61 Å². The van der Waals surface area contributed by atoms with Gasteiger partial charge >= 0.3 is 0 Å². The molecule has 0 amide bonds. The second kappa shape index (κ2) is 2.98. The fourth-order valence-electron chi connectivity index (χ4n) is 1.32. The van der Waals surface area contributed by atoms with Crippen LogP contribution in [-0.2, 0) is 4.94 Å². The Morgan fingerprint density at radius 1 is 1.64 bits per heavy atom. The number of halogens is 3. The maximum absolute atomic E-state index is 12.5. The Morgan fingerprint density at radius 3 is 2.64 bits per heavy atom. The standard InChI is InChI=1S/C6H10F3NO/c1-10-4-6(7,8)2-5(10)3-11-9/h5H,2-4H2,1H3. The van der Waals surface area contributed by atoms with Crippen molar-refractivity contribution in [1.29, 1.82) is 0 Å². The molecule has 1 fully saturated rings. The normalized spacial score (nSPS) is 31.1. The summed E-state index contributed by atoms with van der Waals surface area (Å²) in [5.41, 5.74) is 0. The van der Waals surface area contributed by atoms with E-state index in [4.69, 9.17) is 0 Å². The van der Waals surface area contributed by atoms with Gasteiger partial charge in [-0.1, -0.05) is 0 Å². The Bertz CT molecular complexity index is 142. The molecule has 5 heteroatoms. The van der Waals surface area contributed by atoms with Gasteiger partial charge < -0.3 is 0 Å². The van der Waals surface area contributed by atoms with Crippen molar-refractivity contribution < 1.29 is 18.2 Å². The summed E-state index contributed by atoms with van der Waals surface area (Å²) in [5.74, 6) is -2.68. The van der Waals surface area contributed by atoms with Gasteiger partial charge in [-0.25, -0.2) is 8.78 Å². The Balaban J connectivity index is 2.45. The zero-order valence-corrected chi connectivity index (χ0v) is 6.19. The first kappa shape index (κ1) is 8.80. The molecule has 1 rings (SSSR count). The van der Waals surface area contributed by atoms with Crippen molar-refractivity contribution in [3.05, 3.63) is 0 Å². The van der Waals surface area contributed by atoms with Gasteiger partial charge in [-0.2, -0.15) is 4.94 Å². The molecule has 0 N–H and O–H groups in total. The van der Waals surface area contributed by atoms with Gasteiger partial charge in [0, 0.05) is 12.5 Å². The Hall–Kier alpha value is -0.290. The molecule has 2 nitrogen and oxygen atoms in total. The highest BCUT2D eigenvalue weighted by molar-refractivity contribution is 4.88. The molecule has 1 unspecified atom stereocenters. The Morgan fingerprint density at radius 2 is 2.27 bits per heavy atom. The highest BCUT2D eigenvalue weighted by Crippen LogP contribution is 2.30. The molecule has 66 valence electrons. The van der Waals surface area contributed by atoms with Crippen LogP contribution >= 0.6 is 0 Å². The largest absolute Gasteiger partial charge is 0.295 e. The van der Waals surface area contributed by atoms with Crippen LogP contribution in [0.5, 0.6) is 0 Å². The molecule has 0 bridgehead atoms. The van der Waals surface area contributed by atoms with Crippen molar-refractivity contribution >= 4 is 0 Å². The van der Waals surface area contributed by atoms with Crippen molar-refractivity contribution in [1.82, 2.24) is 4.90 Å². The van der Waals surface area contributed by atoms with Crippen LogP contribution in [0.1, 0.15) is 6.42 Å². The van der Waals surface area contributed by atoms with Crippen molar-refractivity contribution in [3.8, 4) is 0 Å². The summed E-state index contributed by atoms with van der Waals surface area (Å²) in [6.45, 7) is -0.576. The first-order chi connectivity index (χ1) is 5.05. The molecular formula is C6H10F3NO. The zero-order chi connectivity index (χ0) is 8.48. The molecule has 1 saturated heterocycles. The van der Waals surface area contributed by atoms with E-state index >= 15 is 0 Å². The third-order valence-corrected chi connectivity index (χ3v) is 1.89. The number of hydrogen-bond acceptors (Lipinski definition) is 2. The summed E-state index contributed by atoms with van der Waals surface area (Å²) in [6.07, 6.45) is -0.312. The van der Waals surface area contributed by atoms with Gasteiger partial charge in [-0.05, 0) is 11.6 Å². The van der Waals surface area contributed by atoms with Gasteiger partial charge in [0.2, 0.25) is 0 Å². The fourth-order valence-corrected chi connectivity index (χ4v) is 1.32. The van der Waals surface area contributed by atoms with Crippen LogP contribution in [0.2, 0.25) is 0 Å². The van der Waals surface area contributed by atoms with E-state index < -0.39 is 12.0 Å². The van der Waals surface area contributed by atoms with Crippen LogP contribution in [0.15, 0.2) is 0 Å². The second-order valence-electron chi connectivity index (χ2n) is 2.90. The Kier molecular flexibility index (Phi) is 2.39. The van der Waals surface area contributed by atoms with Gasteiger partial charge in [0.25, 0.3) is 5.92 Å². The van der Waals surface area contributed by atoms with Gasteiger partial charge in [0.15, 0.2) is 0 Å². The molecule has 0 aromatic rings. The Labute approximate surface area is 62.8 Å². The molecule has 0 radical (unpaired) electrons. The summed E-state index contributed by atoms with van der Waals surface area (Å²) in [7, 11) is 1.53. The van der Waals surface area contributed by atoms with Crippen LogP contribution in [-0.4, -0.2) is 37.1 Å². The van der Waals surface area contributed by atoms with E-state index in [0.717, 1.165) is 0 Å². The lowest BCUT2D eigenvalue weighted by molar-refractivity contribution is -0.145. The smallest absolute Gasteiger partial charge is 0.262 e. The summed E-state index contributed by atoms with van der Waals surface area (Å²) in [4.78, 5) is 4.72. The lowest BCUT2D eigenvalue weighted by Crippen LogP contribution is -2.28. The van der Waals surface area contributed by atoms with Gasteiger partial charge in [0.05, 0.1) is 6.54 Å². The summed E-state index contributed by atoms with van der Waals surface area (Å²) < 4.78 is 36.4. The highest BCUT2D eigenvalue weighted by atomic mass is 19.3. The molecule has 1 atom stereocenters. The van der Waals surface area contributed by atoms with Crippen molar-refractivity contribution in [2.45, 2.75) is 18.4 Å². The van der Waals surface area contributed by atoms with E-state index in [1.54, 1.807) is 0 Å². The minimum atomic E-state index is -2.68. The van der Waals surface area contributed by atoms with E-state index in [2.05, 4.69) is 4.94 Å². The number of hydrogen-bond donors (Lipinski definition) is 0. The molecule has 1 aliphatic heterocycles. The maximum atomic E-state index is 12.5. The van der Waals surface area contributed by atoms with E-state index in [-0.39, 0.29) is 19.6 Å². The SMILES string of the molecule is CN1CC(F)(F)CC1COF. The quantitative estimate of drug-likeness (QED) is 0.616. The zero-order valence-electron chi connectivity index (χ0n) is 6.19. The molecule has 0 spiro atoms. The van der Waals surface area contributed by atoms with Crippen LogP contribution in [0.3, 0.4) is 0 Å². The minimum absolute atomic E-state index is 0.272. The first-order valence-corrected chi connectivity index (χ1v) is 3.37. The van der Waals surface area contributed by atoms with E-state index in [9.17, 15) is 13.3 Å². The third kappa shape index (κ3) is 2.07.